The normalized spacial score (nSPS) is 13.3. The average Bonchev–Trinajstić information content (AvgIpc) is 2.35. The molecule has 0 aliphatic heterocycles. The van der Waals surface area contributed by atoms with Crippen LogP contribution >= 0.6 is 20.0 Å². The molecule has 0 spiro atoms. The lowest BCUT2D eigenvalue weighted by Crippen LogP contribution is -2.09. The van der Waals surface area contributed by atoms with E-state index in [1.54, 1.807) is 6.92 Å². The minimum Gasteiger partial charge on any atom is -0.190 e. The number of thioether (sulfide) groups is 1. The zero-order valence-electron chi connectivity index (χ0n) is 10.9. The van der Waals surface area contributed by atoms with Crippen LogP contribution in [-0.4, -0.2) is 21.0 Å². The van der Waals surface area contributed by atoms with E-state index < -0.39 is 45.4 Å². The van der Waals surface area contributed by atoms with E-state index in [4.69, 9.17) is 0 Å². The van der Waals surface area contributed by atoms with Gasteiger partial charge in [0.25, 0.3) is 0 Å². The van der Waals surface area contributed by atoms with Crippen LogP contribution in [0.5, 0.6) is 0 Å². The number of halogens is 3. The fourth-order valence-electron chi connectivity index (χ4n) is 1.48. The molecule has 1 unspecified atom stereocenters. The van der Waals surface area contributed by atoms with Crippen molar-refractivity contribution < 1.29 is 34.6 Å². The van der Waals surface area contributed by atoms with Gasteiger partial charge in [0.05, 0.1) is 7.11 Å². The fraction of sp³-hybridized carbons (Fsp3) is 0.400. The Morgan fingerprint density at radius 1 is 1.33 bits per heavy atom. The van der Waals surface area contributed by atoms with E-state index in [0.717, 1.165) is 13.2 Å². The summed E-state index contributed by atoms with van der Waals surface area (Å²) in [6, 6.07) is 3.67. The summed E-state index contributed by atoms with van der Waals surface area (Å²) in [5.74, 6) is 0. The summed E-state index contributed by atoms with van der Waals surface area (Å²) in [6.45, 7) is 1.58. The predicted molar refractivity (Wildman–Crippen MR) is 70.6 cm³/mol. The van der Waals surface area contributed by atoms with Gasteiger partial charge < -0.3 is 0 Å². The van der Waals surface area contributed by atoms with Crippen molar-refractivity contribution in [3.05, 3.63) is 23.8 Å². The number of alkyl halides is 3. The van der Waals surface area contributed by atoms with Crippen molar-refractivity contribution in [1.29, 1.82) is 0 Å². The molecule has 0 heterocycles. The van der Waals surface area contributed by atoms with E-state index in [0.29, 0.717) is 0 Å². The molecule has 5 nitrogen and oxygen atoms in total. The lowest BCUT2D eigenvalue weighted by Gasteiger charge is -2.12. The zero-order valence-corrected chi connectivity index (χ0v) is 13.4. The summed E-state index contributed by atoms with van der Waals surface area (Å²) >= 11 is -0.576. The molecule has 0 amide bonds. The summed E-state index contributed by atoms with van der Waals surface area (Å²) in [7, 11) is -6.68. The van der Waals surface area contributed by atoms with Crippen LogP contribution in [0.25, 0.3) is 0 Å². The van der Waals surface area contributed by atoms with Crippen molar-refractivity contribution in [3.63, 3.8) is 0 Å². The first-order valence-electron chi connectivity index (χ1n) is 5.44. The largest absolute Gasteiger partial charge is 0.714 e. The molecule has 0 saturated heterocycles. The van der Waals surface area contributed by atoms with Crippen molar-refractivity contribution >= 4 is 30.1 Å². The molecule has 21 heavy (non-hydrogen) atoms. The third-order valence-electron chi connectivity index (χ3n) is 2.23. The zero-order chi connectivity index (χ0) is 16.3. The van der Waals surface area contributed by atoms with E-state index in [1.807, 2.05) is 0 Å². The SMILES string of the molecule is CCc1cccc(SC(F)(F)F)c1S(=O)(=O)O[P+](=O)OC. The second-order valence-corrected chi connectivity index (χ2v) is 7.41. The summed E-state index contributed by atoms with van der Waals surface area (Å²) in [5, 5.41) is 0. The van der Waals surface area contributed by atoms with Gasteiger partial charge in [-0.2, -0.15) is 21.6 Å². The lowest BCUT2D eigenvalue weighted by molar-refractivity contribution is -0.0329. The van der Waals surface area contributed by atoms with Crippen molar-refractivity contribution in [2.45, 2.75) is 28.6 Å². The lowest BCUT2D eigenvalue weighted by atomic mass is 10.2. The minimum atomic E-state index is -4.67. The Morgan fingerprint density at radius 3 is 2.43 bits per heavy atom. The van der Waals surface area contributed by atoms with Crippen molar-refractivity contribution in [3.8, 4) is 0 Å². The standard InChI is InChI=1S/C10H11F3O5PS2/c1-3-7-5-4-6-8(20-10(11,12)13)9(7)21(15,16)18-19(14)17-2/h4-6H,3H2,1-2H3/q+1. The molecule has 0 saturated carbocycles. The van der Waals surface area contributed by atoms with E-state index in [1.165, 1.54) is 12.1 Å². The Morgan fingerprint density at radius 2 is 1.95 bits per heavy atom. The second kappa shape index (κ2) is 7.06. The van der Waals surface area contributed by atoms with Crippen LogP contribution in [0.1, 0.15) is 12.5 Å². The van der Waals surface area contributed by atoms with Gasteiger partial charge in [-0.05, 0) is 29.8 Å². The highest BCUT2D eigenvalue weighted by molar-refractivity contribution is 8.01. The molecule has 118 valence electrons. The van der Waals surface area contributed by atoms with E-state index in [9.17, 15) is 26.2 Å². The van der Waals surface area contributed by atoms with Gasteiger partial charge >= 0.3 is 23.9 Å². The molecular weight excluding hydrogens is 352 g/mol. The van der Waals surface area contributed by atoms with Gasteiger partial charge in [0.1, 0.15) is 4.90 Å². The summed E-state index contributed by atoms with van der Waals surface area (Å²) in [4.78, 5) is -1.18. The van der Waals surface area contributed by atoms with E-state index >= 15 is 0 Å². The Hall–Kier alpha value is -0.670. The molecule has 0 radical (unpaired) electrons. The van der Waals surface area contributed by atoms with Gasteiger partial charge in [-0.15, -0.1) is 4.52 Å². The van der Waals surface area contributed by atoms with Gasteiger partial charge in [-0.1, -0.05) is 19.1 Å². The minimum absolute atomic E-state index is 0.128. The average molecular weight is 363 g/mol. The molecule has 1 aromatic carbocycles. The molecule has 1 aromatic rings. The first-order chi connectivity index (χ1) is 9.60. The first kappa shape index (κ1) is 18.4. The van der Waals surface area contributed by atoms with Crippen LogP contribution < -0.4 is 0 Å². The number of hydrogen-bond acceptors (Lipinski definition) is 6. The Labute approximate surface area is 124 Å². The highest BCUT2D eigenvalue weighted by Crippen LogP contribution is 2.43. The number of benzene rings is 1. The maximum atomic E-state index is 12.5. The van der Waals surface area contributed by atoms with Crippen LogP contribution in [-0.2, 0) is 29.6 Å². The topological polar surface area (TPSA) is 69.7 Å². The highest BCUT2D eigenvalue weighted by Gasteiger charge is 2.38. The molecular formula is C10H11F3O5PS2+. The molecule has 0 aliphatic carbocycles. The van der Waals surface area contributed by atoms with Crippen molar-refractivity contribution in [2.24, 2.45) is 0 Å². The summed E-state index contributed by atoms with van der Waals surface area (Å²) in [6.07, 6.45) is 0.161. The molecule has 0 aromatic heterocycles. The maximum absolute atomic E-state index is 12.5. The van der Waals surface area contributed by atoms with Crippen molar-refractivity contribution in [2.75, 3.05) is 7.11 Å². The monoisotopic (exact) mass is 363 g/mol. The van der Waals surface area contributed by atoms with E-state index in [2.05, 4.69) is 8.49 Å². The molecule has 0 bridgehead atoms. The first-order valence-corrected chi connectivity index (χ1v) is 8.76. The summed E-state index contributed by atoms with van der Waals surface area (Å²) in [5.41, 5.74) is -4.54. The van der Waals surface area contributed by atoms with Crippen LogP contribution in [0.4, 0.5) is 13.2 Å². The van der Waals surface area contributed by atoms with Gasteiger partial charge in [0.15, 0.2) is 0 Å². The highest BCUT2D eigenvalue weighted by atomic mass is 32.2. The van der Waals surface area contributed by atoms with Crippen LogP contribution in [0.3, 0.4) is 0 Å². The molecule has 0 fully saturated rings. The van der Waals surface area contributed by atoms with Crippen LogP contribution in [0.15, 0.2) is 28.0 Å². The van der Waals surface area contributed by atoms with E-state index in [-0.39, 0.29) is 12.0 Å². The predicted octanol–water partition coefficient (Wildman–Crippen LogP) is 3.87. The number of hydrogen-bond donors (Lipinski definition) is 0. The third kappa shape index (κ3) is 5.23. The number of aryl methyl sites for hydroxylation is 1. The summed E-state index contributed by atoms with van der Waals surface area (Å²) < 4.78 is 81.1. The van der Waals surface area contributed by atoms with Crippen molar-refractivity contribution in [1.82, 2.24) is 0 Å². The molecule has 1 rings (SSSR count). The van der Waals surface area contributed by atoms with Crippen LogP contribution in [0.2, 0.25) is 0 Å². The Kier molecular flexibility index (Phi) is 6.18. The molecule has 11 heteroatoms. The quantitative estimate of drug-likeness (QED) is 0.564. The fourth-order valence-corrected chi connectivity index (χ4v) is 4.56. The molecule has 1 atom stereocenters. The van der Waals surface area contributed by atoms with Gasteiger partial charge in [0, 0.05) is 13.4 Å². The van der Waals surface area contributed by atoms with Gasteiger partial charge in [-0.3, -0.25) is 0 Å². The Balaban J connectivity index is 3.41. The maximum Gasteiger partial charge on any atom is 0.714 e. The number of rotatable bonds is 6. The van der Waals surface area contributed by atoms with Crippen LogP contribution in [0, 0.1) is 0 Å². The molecule has 0 aliphatic rings. The molecule has 0 N–H and O–H groups in total. The second-order valence-electron chi connectivity index (χ2n) is 3.58. The Bertz CT molecular complexity index is 630. The third-order valence-corrected chi connectivity index (χ3v) is 5.70. The van der Waals surface area contributed by atoms with Gasteiger partial charge in [0.2, 0.25) is 0 Å². The van der Waals surface area contributed by atoms with Gasteiger partial charge in [-0.25, -0.2) is 0 Å². The smallest absolute Gasteiger partial charge is 0.190 e.